The first-order chi connectivity index (χ1) is 8.77. The molecule has 2 atom stereocenters. The lowest BCUT2D eigenvalue weighted by Crippen LogP contribution is -2.43. The molecule has 12 heteroatoms. The largest absolute Gasteiger partial charge is 0.416 e. The molecule has 0 bridgehead atoms. The van der Waals surface area contributed by atoms with Crippen molar-refractivity contribution in [3.05, 3.63) is 0 Å². The zero-order chi connectivity index (χ0) is 16.2. The molecule has 0 rings (SSSR count). The summed E-state index contributed by atoms with van der Waals surface area (Å²) in [5, 5.41) is 8.29. The lowest BCUT2D eigenvalue weighted by Gasteiger charge is -2.24. The second-order valence-corrected chi connectivity index (χ2v) is 3.50. The van der Waals surface area contributed by atoms with E-state index in [0.717, 1.165) is 0 Å². The maximum Gasteiger partial charge on any atom is 0.416 e. The number of hydrogen-bond acceptors (Lipinski definition) is 3. The van der Waals surface area contributed by atoms with Crippen molar-refractivity contribution in [2.24, 2.45) is 0 Å². The maximum absolute atomic E-state index is 12.2. The summed E-state index contributed by atoms with van der Waals surface area (Å²) in [5.41, 5.74) is 0. The van der Waals surface area contributed by atoms with Crippen LogP contribution in [0.1, 0.15) is 0 Å². The lowest BCUT2D eigenvalue weighted by molar-refractivity contribution is -0.284. The molecule has 1 N–H and O–H groups in total. The molecule has 0 heterocycles. The van der Waals surface area contributed by atoms with Gasteiger partial charge in [-0.2, -0.15) is 39.5 Å². The zero-order valence-electron chi connectivity index (χ0n) is 9.44. The summed E-state index contributed by atoms with van der Waals surface area (Å²) in [5.74, 6) is 0. The highest BCUT2D eigenvalue weighted by Crippen LogP contribution is 2.28. The molecule has 20 heavy (non-hydrogen) atoms. The van der Waals surface area contributed by atoms with Crippen LogP contribution in [0.4, 0.5) is 39.5 Å². The van der Waals surface area contributed by atoms with E-state index >= 15 is 0 Å². The van der Waals surface area contributed by atoms with Gasteiger partial charge in [-0.25, -0.2) is 0 Å². The Kier molecular flexibility index (Phi) is 6.55. The monoisotopic (exact) mass is 324 g/mol. The van der Waals surface area contributed by atoms with Gasteiger partial charge in [0.05, 0.1) is 13.2 Å². The van der Waals surface area contributed by atoms with Crippen molar-refractivity contribution >= 4 is 0 Å². The van der Waals surface area contributed by atoms with E-state index in [1.165, 1.54) is 0 Å². The summed E-state index contributed by atoms with van der Waals surface area (Å²) in [6.07, 6.45) is -21.7. The van der Waals surface area contributed by atoms with Crippen molar-refractivity contribution < 1.29 is 54.1 Å². The van der Waals surface area contributed by atoms with E-state index < -0.39 is 50.6 Å². The van der Waals surface area contributed by atoms with Crippen LogP contribution in [0.5, 0.6) is 0 Å². The summed E-state index contributed by atoms with van der Waals surface area (Å²) >= 11 is 0. The molecule has 0 aromatic heterocycles. The van der Waals surface area contributed by atoms with Gasteiger partial charge in [0.15, 0.2) is 12.2 Å². The number of alkyl halides is 9. The molecular weight excluding hydrogens is 315 g/mol. The summed E-state index contributed by atoms with van der Waals surface area (Å²) in [6, 6.07) is 0. The number of ether oxygens (including phenoxy) is 2. The molecule has 0 aliphatic rings. The Balaban J connectivity index is 4.60. The summed E-state index contributed by atoms with van der Waals surface area (Å²) in [7, 11) is 0. The van der Waals surface area contributed by atoms with Crippen molar-refractivity contribution in [2.75, 3.05) is 19.8 Å². The van der Waals surface area contributed by atoms with Crippen molar-refractivity contribution in [1.29, 1.82) is 0 Å². The molecule has 0 amide bonds. The molecule has 0 aromatic rings. The molecule has 0 aliphatic heterocycles. The van der Waals surface area contributed by atoms with E-state index in [2.05, 4.69) is 9.47 Å². The van der Waals surface area contributed by atoms with Gasteiger partial charge in [-0.05, 0) is 0 Å². The first kappa shape index (κ1) is 19.2. The molecule has 122 valence electrons. The number of rotatable bonds is 6. The summed E-state index contributed by atoms with van der Waals surface area (Å²) in [4.78, 5) is 0. The zero-order valence-corrected chi connectivity index (χ0v) is 9.44. The smallest absolute Gasteiger partial charge is 0.393 e. The van der Waals surface area contributed by atoms with Gasteiger partial charge in [0.1, 0.15) is 6.61 Å². The quantitative estimate of drug-likeness (QED) is 0.763. The van der Waals surface area contributed by atoms with Gasteiger partial charge in [0.2, 0.25) is 0 Å². The predicted molar refractivity (Wildman–Crippen MR) is 44.7 cm³/mol. The van der Waals surface area contributed by atoms with E-state index in [-0.39, 0.29) is 0 Å². The van der Waals surface area contributed by atoms with E-state index in [9.17, 15) is 39.5 Å². The fourth-order valence-electron chi connectivity index (χ4n) is 0.886. The van der Waals surface area contributed by atoms with Gasteiger partial charge < -0.3 is 14.6 Å². The minimum Gasteiger partial charge on any atom is -0.393 e. The first-order valence-electron chi connectivity index (χ1n) is 4.81. The minimum atomic E-state index is -5.35. The van der Waals surface area contributed by atoms with Gasteiger partial charge in [0, 0.05) is 0 Å². The van der Waals surface area contributed by atoms with Crippen LogP contribution in [-0.4, -0.2) is 55.7 Å². The number of aliphatic hydroxyl groups is 1. The van der Waals surface area contributed by atoms with E-state index in [0.29, 0.717) is 0 Å². The van der Waals surface area contributed by atoms with Gasteiger partial charge in [-0.1, -0.05) is 0 Å². The van der Waals surface area contributed by atoms with Crippen LogP contribution in [0.3, 0.4) is 0 Å². The number of halogens is 9. The van der Waals surface area contributed by atoms with Crippen LogP contribution in [0.25, 0.3) is 0 Å². The van der Waals surface area contributed by atoms with Crippen LogP contribution in [0.15, 0.2) is 0 Å². The average Bonchev–Trinajstić information content (AvgIpc) is 2.17. The molecule has 0 saturated heterocycles. The van der Waals surface area contributed by atoms with Crippen molar-refractivity contribution in [1.82, 2.24) is 0 Å². The summed E-state index contributed by atoms with van der Waals surface area (Å²) < 4.78 is 115. The standard InChI is InChI=1S/C8H9F9O3/c9-6(10,11)3-20-5(8(15,16)17)2-19-4(1-18)7(12,13)14/h4-5,18H,1-3H2. The molecule has 0 spiro atoms. The van der Waals surface area contributed by atoms with Gasteiger partial charge in [-0.15, -0.1) is 0 Å². The molecular formula is C8H9F9O3. The Morgan fingerprint density at radius 2 is 1.20 bits per heavy atom. The van der Waals surface area contributed by atoms with Crippen molar-refractivity contribution in [3.63, 3.8) is 0 Å². The fourth-order valence-corrected chi connectivity index (χ4v) is 0.886. The van der Waals surface area contributed by atoms with Gasteiger partial charge >= 0.3 is 18.5 Å². The van der Waals surface area contributed by atoms with Gasteiger partial charge in [-0.3, -0.25) is 0 Å². The fraction of sp³-hybridized carbons (Fsp3) is 1.00. The maximum atomic E-state index is 12.2. The van der Waals surface area contributed by atoms with E-state index in [4.69, 9.17) is 5.11 Å². The highest BCUT2D eigenvalue weighted by Gasteiger charge is 2.46. The molecule has 0 aromatic carbocycles. The lowest BCUT2D eigenvalue weighted by atomic mass is 10.3. The van der Waals surface area contributed by atoms with Crippen LogP contribution in [0, 0.1) is 0 Å². The second kappa shape index (κ2) is 6.80. The highest BCUT2D eigenvalue weighted by molar-refractivity contribution is 4.72. The van der Waals surface area contributed by atoms with Crippen LogP contribution in [0.2, 0.25) is 0 Å². The van der Waals surface area contributed by atoms with Gasteiger partial charge in [0.25, 0.3) is 0 Å². The third-order valence-electron chi connectivity index (χ3n) is 1.79. The normalized spacial score (nSPS) is 17.1. The number of aliphatic hydroxyl groups excluding tert-OH is 1. The molecule has 0 radical (unpaired) electrons. The Morgan fingerprint density at radius 3 is 1.50 bits per heavy atom. The number of hydrogen-bond donors (Lipinski definition) is 1. The Bertz CT molecular complexity index is 282. The Morgan fingerprint density at radius 1 is 0.750 bits per heavy atom. The van der Waals surface area contributed by atoms with Crippen LogP contribution in [-0.2, 0) is 9.47 Å². The third kappa shape index (κ3) is 7.75. The van der Waals surface area contributed by atoms with Crippen LogP contribution >= 0.6 is 0 Å². The Labute approximate surface area is 106 Å². The predicted octanol–water partition coefficient (Wildman–Crippen LogP) is 2.44. The average molecular weight is 324 g/mol. The highest BCUT2D eigenvalue weighted by atomic mass is 19.4. The van der Waals surface area contributed by atoms with Crippen molar-refractivity contribution in [2.45, 2.75) is 30.7 Å². The third-order valence-corrected chi connectivity index (χ3v) is 1.79. The van der Waals surface area contributed by atoms with Crippen molar-refractivity contribution in [3.8, 4) is 0 Å². The molecule has 0 fully saturated rings. The molecule has 0 saturated carbocycles. The first-order valence-corrected chi connectivity index (χ1v) is 4.81. The molecule has 0 aliphatic carbocycles. The topological polar surface area (TPSA) is 38.7 Å². The second-order valence-electron chi connectivity index (χ2n) is 3.50. The minimum absolute atomic E-state index is 1.67. The molecule has 3 nitrogen and oxygen atoms in total. The van der Waals surface area contributed by atoms with E-state index in [1.54, 1.807) is 0 Å². The van der Waals surface area contributed by atoms with Crippen LogP contribution < -0.4 is 0 Å². The SMILES string of the molecule is OCC(OCC(OCC(F)(F)F)C(F)(F)F)C(F)(F)F. The van der Waals surface area contributed by atoms with E-state index in [1.807, 2.05) is 0 Å². The Hall–Kier alpha value is -0.750. The summed E-state index contributed by atoms with van der Waals surface area (Å²) in [6.45, 7) is -5.80. The molecule has 2 unspecified atom stereocenters.